The lowest BCUT2D eigenvalue weighted by Gasteiger charge is -2.15. The van der Waals surface area contributed by atoms with Crippen molar-refractivity contribution in [3.8, 4) is 17.1 Å². The third kappa shape index (κ3) is 5.87. The zero-order valence-electron chi connectivity index (χ0n) is 23.2. The fourth-order valence-corrected chi connectivity index (χ4v) is 5.61. The number of ether oxygens (including phenoxy) is 1. The van der Waals surface area contributed by atoms with Crippen molar-refractivity contribution < 1.29 is 31.3 Å². The van der Waals surface area contributed by atoms with Crippen LogP contribution in [-0.2, 0) is 21.1 Å². The van der Waals surface area contributed by atoms with Gasteiger partial charge in [-0.2, -0.15) is 4.98 Å². The van der Waals surface area contributed by atoms with Gasteiger partial charge in [-0.1, -0.05) is 5.16 Å². The van der Waals surface area contributed by atoms with Crippen molar-refractivity contribution in [3.05, 3.63) is 75.2 Å². The van der Waals surface area contributed by atoms with E-state index in [1.165, 1.54) is 6.07 Å². The number of aromatic nitrogens is 2. The van der Waals surface area contributed by atoms with E-state index in [1.54, 1.807) is 39.2 Å². The third-order valence-electron chi connectivity index (χ3n) is 6.81. The van der Waals surface area contributed by atoms with Gasteiger partial charge in [0.2, 0.25) is 11.8 Å². The minimum Gasteiger partial charge on any atom is -0.497 e. The fourth-order valence-electron chi connectivity index (χ4n) is 4.95. The number of fused-ring (bicyclic) bond motifs is 3. The number of carbonyl (C=O) groups is 1. The summed E-state index contributed by atoms with van der Waals surface area (Å²) in [5.41, 5.74) is 3.19. The SMILES string of the molecule is COc1ccc(-c2oc3c(c(C)cc4oc(=O)cc(C)c43)c2CC(=O)NC(CCS(C)(=O)=O)c2nc(C)no2)cc1. The van der Waals surface area contributed by atoms with Crippen LogP contribution in [0.25, 0.3) is 33.3 Å². The number of rotatable bonds is 9. The summed E-state index contributed by atoms with van der Waals surface area (Å²) in [5.74, 6) is 1.05. The summed E-state index contributed by atoms with van der Waals surface area (Å²) in [6.45, 7) is 5.29. The van der Waals surface area contributed by atoms with Crippen molar-refractivity contribution in [3.63, 3.8) is 0 Å². The Balaban J connectivity index is 1.61. The van der Waals surface area contributed by atoms with Crippen molar-refractivity contribution in [1.82, 2.24) is 15.5 Å². The number of benzene rings is 2. The molecule has 0 saturated heterocycles. The summed E-state index contributed by atoms with van der Waals surface area (Å²) in [6, 6.07) is 9.60. The van der Waals surface area contributed by atoms with Gasteiger partial charge >= 0.3 is 5.63 Å². The Morgan fingerprint density at radius 1 is 1.05 bits per heavy atom. The molecule has 0 aliphatic rings. The normalized spacial score (nSPS) is 12.6. The van der Waals surface area contributed by atoms with Crippen LogP contribution in [-0.4, -0.2) is 43.6 Å². The van der Waals surface area contributed by atoms with Gasteiger partial charge in [0.05, 0.1) is 24.7 Å². The van der Waals surface area contributed by atoms with Gasteiger partial charge in [-0.3, -0.25) is 4.79 Å². The molecule has 0 aliphatic carbocycles. The monoisotopic (exact) mass is 579 g/mol. The third-order valence-corrected chi connectivity index (χ3v) is 7.78. The Labute approximate surface area is 235 Å². The molecule has 5 rings (SSSR count). The van der Waals surface area contributed by atoms with Gasteiger partial charge in [-0.05, 0) is 68.7 Å². The smallest absolute Gasteiger partial charge is 0.336 e. The first-order valence-electron chi connectivity index (χ1n) is 12.8. The van der Waals surface area contributed by atoms with E-state index < -0.39 is 27.4 Å². The number of aryl methyl sites for hydroxylation is 3. The van der Waals surface area contributed by atoms with E-state index in [4.69, 9.17) is 18.1 Å². The number of methoxy groups -OCH3 is 1. The Hall–Kier alpha value is -4.45. The van der Waals surface area contributed by atoms with Gasteiger partial charge in [0.1, 0.15) is 38.6 Å². The van der Waals surface area contributed by atoms with Crippen molar-refractivity contribution in [2.45, 2.75) is 39.7 Å². The molecule has 1 atom stereocenters. The largest absolute Gasteiger partial charge is 0.497 e. The molecule has 41 heavy (non-hydrogen) atoms. The van der Waals surface area contributed by atoms with Crippen molar-refractivity contribution in [2.24, 2.45) is 0 Å². The summed E-state index contributed by atoms with van der Waals surface area (Å²) < 4.78 is 46.2. The Bertz CT molecular complexity index is 1940. The molecule has 2 aromatic carbocycles. The molecular weight excluding hydrogens is 550 g/mol. The van der Waals surface area contributed by atoms with Crippen LogP contribution in [0.2, 0.25) is 0 Å². The first-order valence-corrected chi connectivity index (χ1v) is 14.9. The number of hydrogen-bond acceptors (Lipinski definition) is 10. The summed E-state index contributed by atoms with van der Waals surface area (Å²) in [7, 11) is -1.74. The van der Waals surface area contributed by atoms with Crippen LogP contribution in [0.5, 0.6) is 5.75 Å². The van der Waals surface area contributed by atoms with Crippen LogP contribution in [0.15, 0.2) is 54.6 Å². The molecule has 1 N–H and O–H groups in total. The molecule has 0 fully saturated rings. The second-order valence-corrected chi connectivity index (χ2v) is 12.3. The van der Waals surface area contributed by atoms with Crippen molar-refractivity contribution in [1.29, 1.82) is 0 Å². The molecule has 0 saturated carbocycles. The highest BCUT2D eigenvalue weighted by Gasteiger charge is 2.27. The van der Waals surface area contributed by atoms with E-state index in [1.807, 2.05) is 19.1 Å². The van der Waals surface area contributed by atoms with E-state index in [9.17, 15) is 18.0 Å². The highest BCUT2D eigenvalue weighted by molar-refractivity contribution is 7.90. The Kier molecular flexibility index (Phi) is 7.43. The lowest BCUT2D eigenvalue weighted by molar-refractivity contribution is -0.121. The van der Waals surface area contributed by atoms with Crippen molar-refractivity contribution >= 4 is 37.7 Å². The molecular formula is C29H29N3O8S. The average molecular weight is 580 g/mol. The van der Waals surface area contributed by atoms with Gasteiger partial charge < -0.3 is 23.4 Å². The highest BCUT2D eigenvalue weighted by Crippen LogP contribution is 2.40. The number of furan rings is 1. The van der Waals surface area contributed by atoms with E-state index in [-0.39, 0.29) is 24.5 Å². The maximum atomic E-state index is 13.6. The van der Waals surface area contributed by atoms with Crippen LogP contribution in [0.3, 0.4) is 0 Å². The van der Waals surface area contributed by atoms with Crippen LogP contribution in [0.1, 0.15) is 40.9 Å². The summed E-state index contributed by atoms with van der Waals surface area (Å²) in [4.78, 5) is 29.8. The first kappa shape index (κ1) is 28.1. The Morgan fingerprint density at radius 2 is 1.76 bits per heavy atom. The molecule has 1 amide bonds. The molecule has 1 unspecified atom stereocenters. The number of amides is 1. The topological polar surface area (TPSA) is 155 Å². The zero-order valence-corrected chi connectivity index (χ0v) is 24.0. The quantitative estimate of drug-likeness (QED) is 0.249. The average Bonchev–Trinajstić information content (AvgIpc) is 3.49. The molecule has 11 nitrogen and oxygen atoms in total. The van der Waals surface area contributed by atoms with Crippen LogP contribution in [0.4, 0.5) is 0 Å². The number of sulfone groups is 1. The van der Waals surface area contributed by atoms with Gasteiger partial charge in [0.15, 0.2) is 5.82 Å². The molecule has 3 aromatic heterocycles. The lowest BCUT2D eigenvalue weighted by atomic mass is 9.97. The number of nitrogens with one attached hydrogen (secondary N) is 1. The maximum Gasteiger partial charge on any atom is 0.336 e. The Morgan fingerprint density at radius 3 is 2.39 bits per heavy atom. The fraction of sp³-hybridized carbons (Fsp3) is 0.310. The summed E-state index contributed by atoms with van der Waals surface area (Å²) in [6.07, 6.45) is 1.09. The lowest BCUT2D eigenvalue weighted by Crippen LogP contribution is -2.31. The van der Waals surface area contributed by atoms with E-state index in [2.05, 4.69) is 15.5 Å². The second-order valence-electron chi connectivity index (χ2n) is 10.1. The summed E-state index contributed by atoms with van der Waals surface area (Å²) >= 11 is 0. The number of nitrogens with zero attached hydrogens (tertiary/aromatic N) is 2. The maximum absolute atomic E-state index is 13.6. The predicted molar refractivity (Wildman–Crippen MR) is 152 cm³/mol. The molecule has 214 valence electrons. The van der Waals surface area contributed by atoms with Gasteiger partial charge in [-0.25, -0.2) is 13.2 Å². The zero-order chi connectivity index (χ0) is 29.5. The predicted octanol–water partition coefficient (Wildman–Crippen LogP) is 4.36. The van der Waals surface area contributed by atoms with Crippen LogP contribution < -0.4 is 15.7 Å². The molecule has 5 aromatic rings. The van der Waals surface area contributed by atoms with E-state index >= 15 is 0 Å². The molecule has 3 heterocycles. The second kappa shape index (κ2) is 10.8. The summed E-state index contributed by atoms with van der Waals surface area (Å²) in [5, 5.41) is 8.02. The molecule has 0 spiro atoms. The standard InChI is InChI=1S/C29H29N3O8S/c1-15-12-22-26(16(2)13-24(34)38-22)28-25(15)20(27(39-28)18-6-8-19(37-4)9-7-18)14-23(33)31-21(10-11-41(5,35)36)29-30-17(3)32-40-29/h6-9,12-13,21H,10-11,14H2,1-5H3,(H,31,33). The number of hydrogen-bond donors (Lipinski definition) is 1. The minimum absolute atomic E-state index is 0.0611. The van der Waals surface area contributed by atoms with Gasteiger partial charge in [0.25, 0.3) is 0 Å². The molecule has 12 heteroatoms. The first-order chi connectivity index (χ1) is 19.4. The van der Waals surface area contributed by atoms with Gasteiger partial charge in [0, 0.05) is 28.8 Å². The molecule has 0 bridgehead atoms. The highest BCUT2D eigenvalue weighted by atomic mass is 32.2. The molecule has 0 radical (unpaired) electrons. The van der Waals surface area contributed by atoms with Crippen LogP contribution >= 0.6 is 0 Å². The van der Waals surface area contributed by atoms with Gasteiger partial charge in [-0.15, -0.1) is 0 Å². The number of carbonyl (C=O) groups excluding carboxylic acids is 1. The van der Waals surface area contributed by atoms with Crippen LogP contribution in [0, 0.1) is 20.8 Å². The molecule has 0 aliphatic heterocycles. The van der Waals surface area contributed by atoms with E-state index in [0.29, 0.717) is 50.6 Å². The van der Waals surface area contributed by atoms with Crippen molar-refractivity contribution in [2.75, 3.05) is 19.1 Å². The van der Waals surface area contributed by atoms with E-state index in [0.717, 1.165) is 17.2 Å². The minimum atomic E-state index is -3.31.